The number of thiol groups is 1. The van der Waals surface area contributed by atoms with Crippen molar-refractivity contribution < 1.29 is 33.8 Å². The molecule has 0 saturated heterocycles. The molecule has 0 aliphatic carbocycles. The minimum atomic E-state index is -1.27. The van der Waals surface area contributed by atoms with E-state index in [0.29, 0.717) is 6.42 Å². The van der Waals surface area contributed by atoms with Crippen molar-refractivity contribution in [2.24, 2.45) is 0 Å². The fourth-order valence-electron chi connectivity index (χ4n) is 3.41. The van der Waals surface area contributed by atoms with Crippen molar-refractivity contribution in [2.75, 3.05) is 26.0 Å². The molecule has 36 heavy (non-hydrogen) atoms. The van der Waals surface area contributed by atoms with Crippen molar-refractivity contribution in [3.05, 3.63) is 29.8 Å². The van der Waals surface area contributed by atoms with Crippen LogP contribution in [0.5, 0.6) is 5.75 Å². The van der Waals surface area contributed by atoms with Crippen molar-refractivity contribution in [3.8, 4) is 5.75 Å². The van der Waals surface area contributed by atoms with E-state index in [1.165, 1.54) is 24.1 Å². The minimum Gasteiger partial charge on any atom is -0.508 e. The first-order chi connectivity index (χ1) is 16.9. The number of benzene rings is 1. The molecule has 3 N–H and O–H groups in total. The maximum atomic E-state index is 13.7. The number of unbranched alkanes of at least 4 members (excludes halogenated alkanes) is 3. The maximum Gasteiger partial charge on any atom is 0.408 e. The molecule has 0 heterocycles. The van der Waals surface area contributed by atoms with E-state index in [2.05, 4.69) is 34.9 Å². The zero-order valence-corrected chi connectivity index (χ0v) is 22.6. The van der Waals surface area contributed by atoms with E-state index < -0.39 is 48.1 Å². The predicted octanol–water partition coefficient (Wildman–Crippen LogP) is 2.95. The van der Waals surface area contributed by atoms with Gasteiger partial charge in [-0.15, -0.1) is 0 Å². The second-order valence-corrected chi connectivity index (χ2v) is 9.59. The van der Waals surface area contributed by atoms with Gasteiger partial charge in [-0.25, -0.2) is 4.79 Å². The van der Waals surface area contributed by atoms with Crippen LogP contribution in [-0.2, 0) is 23.9 Å². The van der Waals surface area contributed by atoms with Gasteiger partial charge in [-0.2, -0.15) is 12.6 Å². The molecule has 0 fully saturated rings. The number of rotatable bonds is 13. The van der Waals surface area contributed by atoms with Crippen LogP contribution in [0.1, 0.15) is 65.0 Å². The van der Waals surface area contributed by atoms with Crippen LogP contribution >= 0.6 is 12.6 Å². The molecular formula is C25H39N3O7S. The summed E-state index contributed by atoms with van der Waals surface area (Å²) in [5.41, 5.74) is -0.598. The normalized spacial score (nSPS) is 12.7. The molecule has 0 aromatic heterocycles. The molecule has 1 aromatic rings. The number of amides is 3. The molecule has 10 nitrogen and oxygen atoms in total. The molecule has 0 saturated carbocycles. The molecule has 0 spiro atoms. The number of nitrogens with one attached hydrogen (secondary N) is 2. The Morgan fingerprint density at radius 1 is 1.11 bits per heavy atom. The average molecular weight is 526 g/mol. The zero-order valence-electron chi connectivity index (χ0n) is 21.7. The molecule has 3 amide bonds. The molecule has 0 aliphatic heterocycles. The van der Waals surface area contributed by atoms with E-state index in [1.54, 1.807) is 32.9 Å². The van der Waals surface area contributed by atoms with Crippen LogP contribution in [0.15, 0.2) is 24.3 Å². The van der Waals surface area contributed by atoms with Gasteiger partial charge >= 0.3 is 12.1 Å². The zero-order chi connectivity index (χ0) is 27.3. The number of methoxy groups -OCH3 is 1. The lowest BCUT2D eigenvalue weighted by atomic mass is 10.0. The van der Waals surface area contributed by atoms with Crippen LogP contribution in [-0.4, -0.2) is 71.5 Å². The first-order valence-electron chi connectivity index (χ1n) is 12.0. The predicted molar refractivity (Wildman–Crippen MR) is 139 cm³/mol. The van der Waals surface area contributed by atoms with E-state index in [1.807, 2.05) is 0 Å². The number of carbonyl (C=O) groups is 4. The number of carbonyl (C=O) groups excluding carboxylic acids is 4. The molecule has 202 valence electrons. The molecular weight excluding hydrogens is 486 g/mol. The fraction of sp³-hybridized carbons (Fsp3) is 0.600. The monoisotopic (exact) mass is 525 g/mol. The van der Waals surface area contributed by atoms with Gasteiger partial charge in [0.05, 0.1) is 7.11 Å². The number of esters is 1. The van der Waals surface area contributed by atoms with E-state index >= 15 is 0 Å². The number of nitrogens with zero attached hydrogens (tertiary/aromatic N) is 1. The van der Waals surface area contributed by atoms with Gasteiger partial charge in [-0.1, -0.05) is 44.4 Å². The lowest BCUT2D eigenvalue weighted by Crippen LogP contribution is -2.54. The Bertz CT molecular complexity index is 889. The lowest BCUT2D eigenvalue weighted by molar-refractivity contribution is -0.144. The third-order valence-electron chi connectivity index (χ3n) is 5.13. The van der Waals surface area contributed by atoms with Gasteiger partial charge in [0.15, 0.2) is 0 Å². The molecule has 1 rings (SSSR count). The maximum absolute atomic E-state index is 13.7. The summed E-state index contributed by atoms with van der Waals surface area (Å²) in [4.78, 5) is 52.4. The van der Waals surface area contributed by atoms with Gasteiger partial charge in [-0.05, 0) is 33.3 Å². The summed E-state index contributed by atoms with van der Waals surface area (Å²) in [5.74, 6) is -2.17. The number of hydrogen-bond donors (Lipinski definition) is 4. The first-order valence-corrected chi connectivity index (χ1v) is 12.6. The van der Waals surface area contributed by atoms with Crippen LogP contribution in [0.4, 0.5) is 4.79 Å². The topological polar surface area (TPSA) is 134 Å². The highest BCUT2D eigenvalue weighted by Crippen LogP contribution is 2.30. The fourth-order valence-corrected chi connectivity index (χ4v) is 3.66. The number of phenols is 1. The molecule has 2 atom stereocenters. The number of phenolic OH excluding ortho intramolecular Hbond substituents is 1. The molecule has 2 unspecified atom stereocenters. The average Bonchev–Trinajstić information content (AvgIpc) is 2.82. The second-order valence-electron chi connectivity index (χ2n) is 9.23. The first kappa shape index (κ1) is 31.1. The van der Waals surface area contributed by atoms with Gasteiger partial charge in [0.2, 0.25) is 11.8 Å². The number of ether oxygens (including phenoxy) is 2. The van der Waals surface area contributed by atoms with Crippen LogP contribution in [0.2, 0.25) is 0 Å². The Kier molecular flexibility index (Phi) is 13.1. The molecule has 0 radical (unpaired) electrons. The standard InChI is InChI=1S/C25H39N3O7S/c1-6-7-8-11-14-28(23(32)18(16-36)27-24(33)35-25(2,3)4)21(17-12-9-10-13-19(17)29)22(31)26-15-20(30)34-5/h9-10,12-13,18,21,29,36H,6-8,11,14-16H2,1-5H3,(H,26,31)(H,27,33). The van der Waals surface area contributed by atoms with Gasteiger partial charge in [0.25, 0.3) is 0 Å². The largest absolute Gasteiger partial charge is 0.508 e. The van der Waals surface area contributed by atoms with E-state index in [0.717, 1.165) is 19.3 Å². The summed E-state index contributed by atoms with van der Waals surface area (Å²) in [6, 6.07) is 3.79. The quantitative estimate of drug-likeness (QED) is 0.177. The van der Waals surface area contributed by atoms with Crippen LogP contribution in [0.25, 0.3) is 0 Å². The number of aromatic hydroxyl groups is 1. The Labute approximate surface area is 218 Å². The summed E-state index contributed by atoms with van der Waals surface area (Å²) in [6.45, 7) is 6.90. The summed E-state index contributed by atoms with van der Waals surface area (Å²) in [5, 5.41) is 15.6. The molecule has 11 heteroatoms. The van der Waals surface area contributed by atoms with E-state index in [-0.39, 0.29) is 23.6 Å². The van der Waals surface area contributed by atoms with Crippen LogP contribution in [0.3, 0.4) is 0 Å². The van der Waals surface area contributed by atoms with Gasteiger partial charge in [0.1, 0.15) is 30.0 Å². The Morgan fingerprint density at radius 2 is 1.78 bits per heavy atom. The molecule has 0 aliphatic rings. The minimum absolute atomic E-state index is 0.0548. The SMILES string of the molecule is CCCCCCN(C(=O)C(CS)NC(=O)OC(C)(C)C)C(C(=O)NCC(=O)OC)c1ccccc1O. The van der Waals surface area contributed by atoms with Crippen molar-refractivity contribution in [2.45, 2.75) is 71.1 Å². The van der Waals surface area contributed by atoms with Gasteiger partial charge in [0, 0.05) is 17.9 Å². The van der Waals surface area contributed by atoms with Crippen molar-refractivity contribution in [1.29, 1.82) is 0 Å². The van der Waals surface area contributed by atoms with Crippen molar-refractivity contribution in [3.63, 3.8) is 0 Å². The van der Waals surface area contributed by atoms with E-state index in [9.17, 15) is 24.3 Å². The van der Waals surface area contributed by atoms with Gasteiger partial charge < -0.3 is 30.1 Å². The second kappa shape index (κ2) is 15.2. The third kappa shape index (κ3) is 10.3. The summed E-state index contributed by atoms with van der Waals surface area (Å²) in [7, 11) is 1.19. The van der Waals surface area contributed by atoms with Crippen LogP contribution < -0.4 is 10.6 Å². The molecule has 1 aromatic carbocycles. The number of alkyl carbamates (subject to hydrolysis) is 1. The van der Waals surface area contributed by atoms with Crippen LogP contribution in [0, 0.1) is 0 Å². The Hall–Kier alpha value is -2.95. The highest BCUT2D eigenvalue weighted by molar-refractivity contribution is 7.80. The summed E-state index contributed by atoms with van der Waals surface area (Å²) in [6.07, 6.45) is 2.50. The highest BCUT2D eigenvalue weighted by Gasteiger charge is 2.37. The summed E-state index contributed by atoms with van der Waals surface area (Å²) >= 11 is 4.24. The van der Waals surface area contributed by atoms with E-state index in [4.69, 9.17) is 4.74 Å². The van der Waals surface area contributed by atoms with Crippen molar-refractivity contribution in [1.82, 2.24) is 15.5 Å². The highest BCUT2D eigenvalue weighted by atomic mass is 32.1. The smallest absolute Gasteiger partial charge is 0.408 e. The third-order valence-corrected chi connectivity index (χ3v) is 5.50. The molecule has 0 bridgehead atoms. The lowest BCUT2D eigenvalue weighted by Gasteiger charge is -2.34. The number of hydrogen-bond acceptors (Lipinski definition) is 8. The Morgan fingerprint density at radius 3 is 2.33 bits per heavy atom. The Balaban J connectivity index is 3.38. The van der Waals surface area contributed by atoms with Gasteiger partial charge in [-0.3, -0.25) is 14.4 Å². The number of para-hydroxylation sites is 1. The summed E-state index contributed by atoms with van der Waals surface area (Å²) < 4.78 is 9.87. The van der Waals surface area contributed by atoms with Crippen molar-refractivity contribution >= 4 is 36.5 Å².